The maximum absolute atomic E-state index is 12.7. The van der Waals surface area contributed by atoms with Crippen molar-refractivity contribution >= 4 is 28.9 Å². The largest absolute Gasteiger partial charge is 0.334 e. The summed E-state index contributed by atoms with van der Waals surface area (Å²) in [5.41, 5.74) is 3.39. The number of ketones is 1. The molecule has 0 aliphatic heterocycles. The van der Waals surface area contributed by atoms with Crippen molar-refractivity contribution in [2.45, 2.75) is 24.9 Å². The van der Waals surface area contributed by atoms with E-state index >= 15 is 0 Å². The van der Waals surface area contributed by atoms with Crippen molar-refractivity contribution in [3.8, 4) is 23.3 Å². The Hall–Kier alpha value is -3.49. The lowest BCUT2D eigenvalue weighted by molar-refractivity contribution is -0.116. The van der Waals surface area contributed by atoms with Gasteiger partial charge in [-0.05, 0) is 19.9 Å². The number of aryl methyl sites for hydroxylation is 2. The number of nitrogens with two attached hydrogens (primary N) is 1. The van der Waals surface area contributed by atoms with E-state index in [2.05, 4.69) is 26.3 Å². The molecule has 11 heteroatoms. The highest BCUT2D eigenvalue weighted by molar-refractivity contribution is 7.99. The molecule has 31 heavy (non-hydrogen) atoms. The molecule has 3 heterocycles. The molecule has 0 saturated carbocycles. The maximum Gasteiger partial charge on any atom is 0.271 e. The van der Waals surface area contributed by atoms with Gasteiger partial charge in [0, 0.05) is 16.6 Å². The molecule has 0 aliphatic carbocycles. The first kappa shape index (κ1) is 20.8. The summed E-state index contributed by atoms with van der Waals surface area (Å²) >= 11 is 2.43. The molecule has 1 atom stereocenters. The molecule has 3 aromatic heterocycles. The Bertz CT molecular complexity index is 1270. The summed E-state index contributed by atoms with van der Waals surface area (Å²) < 4.78 is 2.88. The molecule has 0 radical (unpaired) electrons. The predicted octanol–water partition coefficient (Wildman–Crippen LogP) is 2.89. The molecule has 2 N–H and O–H groups in total. The molecule has 9 nitrogen and oxygen atoms in total. The fourth-order valence-electron chi connectivity index (χ4n) is 2.99. The number of hydrogen-bond donors (Lipinski definition) is 1. The summed E-state index contributed by atoms with van der Waals surface area (Å²) in [7, 11) is 0. The molecule has 156 valence electrons. The third kappa shape index (κ3) is 4.21. The Morgan fingerprint density at radius 3 is 2.74 bits per heavy atom. The zero-order chi connectivity index (χ0) is 22.0. The van der Waals surface area contributed by atoms with E-state index in [4.69, 9.17) is 5.84 Å². The van der Waals surface area contributed by atoms with Crippen LogP contribution < -0.4 is 5.84 Å². The van der Waals surface area contributed by atoms with Crippen LogP contribution in [-0.4, -0.2) is 41.2 Å². The number of benzene rings is 1. The third-order valence-electron chi connectivity index (χ3n) is 4.48. The van der Waals surface area contributed by atoms with Gasteiger partial charge < -0.3 is 5.84 Å². The van der Waals surface area contributed by atoms with E-state index in [-0.39, 0.29) is 11.5 Å². The molecular weight excluding hydrogens is 432 g/mol. The average Bonchev–Trinajstić information content (AvgIpc) is 3.47. The Kier molecular flexibility index (Phi) is 5.83. The number of nitrogens with zero attached hydrogens (tertiary/aromatic N) is 7. The van der Waals surface area contributed by atoms with Gasteiger partial charge in [0.25, 0.3) is 5.95 Å². The number of thiazole rings is 1. The molecule has 0 bridgehead atoms. The van der Waals surface area contributed by atoms with E-state index in [1.807, 2.05) is 55.6 Å². The summed E-state index contributed by atoms with van der Waals surface area (Å²) in [5, 5.41) is 24.8. The van der Waals surface area contributed by atoms with Crippen molar-refractivity contribution in [3.05, 3.63) is 58.2 Å². The van der Waals surface area contributed by atoms with E-state index in [9.17, 15) is 10.1 Å². The van der Waals surface area contributed by atoms with Crippen molar-refractivity contribution in [1.29, 1.82) is 5.26 Å². The van der Waals surface area contributed by atoms with Crippen LogP contribution in [0.3, 0.4) is 0 Å². The normalized spacial score (nSPS) is 11.9. The van der Waals surface area contributed by atoms with E-state index in [1.54, 1.807) is 4.68 Å². The third-order valence-corrected chi connectivity index (χ3v) is 6.35. The number of nitriles is 1. The smallest absolute Gasteiger partial charge is 0.271 e. The number of carbonyl (C=O) groups is 1. The molecule has 1 aromatic carbocycles. The van der Waals surface area contributed by atoms with E-state index in [0.717, 1.165) is 34.4 Å². The van der Waals surface area contributed by atoms with Crippen molar-refractivity contribution in [2.24, 2.45) is 0 Å². The number of nitrogen functional groups attached to an aromatic ring is 1. The topological polar surface area (TPSA) is 128 Å². The molecule has 1 unspecified atom stereocenters. The van der Waals surface area contributed by atoms with Crippen LogP contribution in [0.5, 0.6) is 0 Å². The number of aromatic nitrogens is 6. The van der Waals surface area contributed by atoms with Crippen LogP contribution in [0.15, 0.2) is 46.9 Å². The molecule has 4 aromatic rings. The zero-order valence-corrected chi connectivity index (χ0v) is 18.4. The molecule has 0 aliphatic rings. The van der Waals surface area contributed by atoms with E-state index in [0.29, 0.717) is 16.1 Å². The van der Waals surface area contributed by atoms with Gasteiger partial charge in [0.2, 0.25) is 5.16 Å². The van der Waals surface area contributed by atoms with Gasteiger partial charge in [-0.2, -0.15) is 10.4 Å². The van der Waals surface area contributed by atoms with Crippen LogP contribution in [0.25, 0.3) is 17.2 Å². The first-order valence-electron chi connectivity index (χ1n) is 9.28. The second-order valence-electron chi connectivity index (χ2n) is 6.75. The standard InChI is InChI=1S/C20H18N8OS2/c1-12-8-13(2)28(26-12)19-24-25-20(27(19)22)31-11-17(29)15(9-21)18-23-16(10-30-18)14-6-4-3-5-7-14/h3-8,10,15H,11,22H2,1-2H3. The van der Waals surface area contributed by atoms with Crippen LogP contribution in [0, 0.1) is 25.2 Å². The minimum atomic E-state index is -0.945. The fourth-order valence-corrected chi connectivity index (χ4v) is 4.64. The average molecular weight is 451 g/mol. The first-order valence-corrected chi connectivity index (χ1v) is 11.1. The van der Waals surface area contributed by atoms with E-state index in [1.165, 1.54) is 16.0 Å². The molecule has 0 amide bonds. The number of carbonyl (C=O) groups excluding carboxylic acids is 1. The lowest BCUT2D eigenvalue weighted by atomic mass is 10.1. The van der Waals surface area contributed by atoms with Gasteiger partial charge in [0.05, 0.1) is 23.2 Å². The van der Waals surface area contributed by atoms with Gasteiger partial charge in [-0.25, -0.2) is 14.3 Å². The summed E-state index contributed by atoms with van der Waals surface area (Å²) in [4.78, 5) is 17.2. The number of rotatable bonds is 7. The monoisotopic (exact) mass is 450 g/mol. The van der Waals surface area contributed by atoms with Crippen LogP contribution in [0.2, 0.25) is 0 Å². The summed E-state index contributed by atoms with van der Waals surface area (Å²) in [6.07, 6.45) is 0. The van der Waals surface area contributed by atoms with Gasteiger partial charge >= 0.3 is 0 Å². The van der Waals surface area contributed by atoms with Gasteiger partial charge in [-0.15, -0.1) is 21.5 Å². The number of Topliss-reactive ketones (excluding diaryl/α,β-unsaturated/α-hetero) is 1. The predicted molar refractivity (Wildman–Crippen MR) is 118 cm³/mol. The zero-order valence-electron chi connectivity index (χ0n) is 16.8. The summed E-state index contributed by atoms with van der Waals surface area (Å²) in [5.74, 6) is 5.27. The van der Waals surface area contributed by atoms with Crippen LogP contribution >= 0.6 is 23.1 Å². The lowest BCUT2D eigenvalue weighted by Crippen LogP contribution is -2.18. The molecule has 4 rings (SSSR count). The minimum Gasteiger partial charge on any atom is -0.334 e. The highest BCUT2D eigenvalue weighted by Gasteiger charge is 2.25. The highest BCUT2D eigenvalue weighted by atomic mass is 32.2. The van der Waals surface area contributed by atoms with Crippen molar-refractivity contribution < 1.29 is 4.79 Å². The second-order valence-corrected chi connectivity index (χ2v) is 8.58. The van der Waals surface area contributed by atoms with Crippen molar-refractivity contribution in [2.75, 3.05) is 11.6 Å². The van der Waals surface area contributed by atoms with Gasteiger partial charge in [-0.1, -0.05) is 42.1 Å². The summed E-state index contributed by atoms with van der Waals surface area (Å²) in [6, 6.07) is 13.6. The SMILES string of the molecule is Cc1cc(C)n(-c2nnc(SCC(=O)C(C#N)c3nc(-c4ccccc4)cs3)n2N)n1. The van der Waals surface area contributed by atoms with Gasteiger partial charge in [0.1, 0.15) is 5.01 Å². The van der Waals surface area contributed by atoms with Gasteiger partial charge in [-0.3, -0.25) is 4.79 Å². The van der Waals surface area contributed by atoms with E-state index < -0.39 is 5.92 Å². The molecule has 0 saturated heterocycles. The lowest BCUT2D eigenvalue weighted by Gasteiger charge is -2.06. The Balaban J connectivity index is 1.47. The molecule has 0 spiro atoms. The molecular formula is C20H18N8OS2. The Morgan fingerprint density at radius 2 is 2.06 bits per heavy atom. The second kappa shape index (κ2) is 8.71. The number of thioether (sulfide) groups is 1. The van der Waals surface area contributed by atoms with Crippen molar-refractivity contribution in [3.63, 3.8) is 0 Å². The molecule has 0 fully saturated rings. The quantitative estimate of drug-likeness (QED) is 0.336. The van der Waals surface area contributed by atoms with Crippen molar-refractivity contribution in [1.82, 2.24) is 29.6 Å². The summed E-state index contributed by atoms with van der Waals surface area (Å²) in [6.45, 7) is 3.76. The van der Waals surface area contributed by atoms with Crippen LogP contribution in [0.4, 0.5) is 0 Å². The maximum atomic E-state index is 12.7. The minimum absolute atomic E-state index is 0.0188. The number of hydrogen-bond acceptors (Lipinski definition) is 9. The fraction of sp³-hybridized carbons (Fsp3) is 0.200. The Morgan fingerprint density at radius 1 is 1.29 bits per heavy atom. The van der Waals surface area contributed by atoms with Crippen LogP contribution in [0.1, 0.15) is 22.3 Å². The van der Waals surface area contributed by atoms with Gasteiger partial charge in [0.15, 0.2) is 11.7 Å². The Labute approximate surface area is 186 Å². The highest BCUT2D eigenvalue weighted by Crippen LogP contribution is 2.28. The first-order chi connectivity index (χ1) is 15.0. The van der Waals surface area contributed by atoms with Crippen LogP contribution in [-0.2, 0) is 4.79 Å².